The highest BCUT2D eigenvalue weighted by Crippen LogP contribution is 2.79. The highest BCUT2D eigenvalue weighted by Gasteiger charge is 2.79. The molecule has 148 valence electrons. The zero-order chi connectivity index (χ0) is 20.3. The summed E-state index contributed by atoms with van der Waals surface area (Å²) >= 11 is 39.5. The topological polar surface area (TPSA) is 0 Å². The fourth-order valence-corrected chi connectivity index (χ4v) is 14.6. The fourth-order valence-electron chi connectivity index (χ4n) is 3.13. The van der Waals surface area contributed by atoms with Gasteiger partial charge in [0, 0.05) is 0 Å². The normalized spacial score (nSPS) is 31.6. The van der Waals surface area contributed by atoms with E-state index in [-0.39, 0.29) is 4.83 Å². The SMILES string of the molecule is CCCc1c(C)cccc1C1(Br)C(Br)C(Br)(Br)C(Br)(Br)C(Br)(Br)C1(Br)Br. The van der Waals surface area contributed by atoms with Gasteiger partial charge in [0.1, 0.15) is 12.9 Å². The molecule has 2 unspecified atom stereocenters. The quantitative estimate of drug-likeness (QED) is 0.265. The molecule has 0 radical (unpaired) electrons. The van der Waals surface area contributed by atoms with Gasteiger partial charge < -0.3 is 0 Å². The van der Waals surface area contributed by atoms with Gasteiger partial charge >= 0.3 is 0 Å². The molecule has 0 N–H and O–H groups in total. The first-order chi connectivity index (χ1) is 11.6. The second-order valence-electron chi connectivity index (χ2n) is 6.27. The van der Waals surface area contributed by atoms with E-state index in [4.69, 9.17) is 0 Å². The van der Waals surface area contributed by atoms with Crippen LogP contribution in [0.1, 0.15) is 30.0 Å². The largest absolute Gasteiger partial charge is 0.134 e. The molecule has 0 heterocycles. The first kappa shape index (κ1) is 26.3. The molecule has 0 aromatic heterocycles. The van der Waals surface area contributed by atoms with Crippen molar-refractivity contribution in [2.24, 2.45) is 0 Å². The lowest BCUT2D eigenvalue weighted by Gasteiger charge is -2.63. The molecule has 1 fully saturated rings. The Labute approximate surface area is 239 Å². The highest BCUT2D eigenvalue weighted by atomic mass is 79.9. The second kappa shape index (κ2) is 8.75. The van der Waals surface area contributed by atoms with Crippen LogP contribution in [0, 0.1) is 6.92 Å². The maximum Gasteiger partial charge on any atom is 0.134 e. The van der Waals surface area contributed by atoms with Crippen molar-refractivity contribution >= 4 is 159 Å². The van der Waals surface area contributed by atoms with E-state index in [0.717, 1.165) is 12.8 Å². The van der Waals surface area contributed by atoms with Crippen LogP contribution < -0.4 is 0 Å². The van der Waals surface area contributed by atoms with Crippen molar-refractivity contribution in [1.29, 1.82) is 0 Å². The number of benzene rings is 1. The Morgan fingerprint density at radius 1 is 0.846 bits per heavy atom. The summed E-state index contributed by atoms with van der Waals surface area (Å²) in [6, 6.07) is 6.48. The fraction of sp³-hybridized carbons (Fsp3) is 0.625. The Bertz CT molecular complexity index is 696. The van der Waals surface area contributed by atoms with E-state index in [2.05, 4.69) is 191 Å². The first-order valence-electron chi connectivity index (χ1n) is 7.55. The molecule has 0 saturated heterocycles. The zero-order valence-electron chi connectivity index (χ0n) is 13.5. The van der Waals surface area contributed by atoms with Crippen LogP contribution >= 0.6 is 159 Å². The summed E-state index contributed by atoms with van der Waals surface area (Å²) in [4.78, 5) is -0.0966. The molecule has 1 aliphatic rings. The molecule has 0 spiro atoms. The molecule has 0 nitrogen and oxygen atoms in total. The third kappa shape index (κ3) is 3.63. The molecule has 26 heavy (non-hydrogen) atoms. The van der Waals surface area contributed by atoms with E-state index in [1.165, 1.54) is 16.7 Å². The minimum atomic E-state index is -0.673. The Morgan fingerprint density at radius 3 is 1.88 bits per heavy atom. The van der Waals surface area contributed by atoms with E-state index in [1.807, 2.05) is 0 Å². The summed E-state index contributed by atoms with van der Waals surface area (Å²) in [5, 5.41) is 0. The molecule has 1 aromatic rings. The third-order valence-electron chi connectivity index (χ3n) is 4.63. The van der Waals surface area contributed by atoms with Crippen LogP contribution in [0.4, 0.5) is 0 Å². The summed E-state index contributed by atoms with van der Waals surface area (Å²) in [5.41, 5.74) is 3.86. The van der Waals surface area contributed by atoms with Gasteiger partial charge in [-0.25, -0.2) is 0 Å². The lowest BCUT2D eigenvalue weighted by molar-refractivity contribution is 0.426. The van der Waals surface area contributed by atoms with E-state index in [9.17, 15) is 0 Å². The van der Waals surface area contributed by atoms with Crippen LogP contribution in [0.15, 0.2) is 18.2 Å². The molecule has 2 rings (SSSR count). The Balaban J connectivity index is 2.89. The average Bonchev–Trinajstić information content (AvgIpc) is 2.53. The van der Waals surface area contributed by atoms with Gasteiger partial charge in [-0.05, 0) is 30.0 Å². The Morgan fingerprint density at radius 2 is 1.38 bits per heavy atom. The van der Waals surface area contributed by atoms with Crippen molar-refractivity contribution in [2.75, 3.05) is 0 Å². The van der Waals surface area contributed by atoms with Crippen molar-refractivity contribution in [3.05, 3.63) is 34.9 Å². The number of hydrogen-bond donors (Lipinski definition) is 0. The molecule has 1 aromatic carbocycles. The summed E-state index contributed by atoms with van der Waals surface area (Å²) < 4.78 is -3.09. The van der Waals surface area contributed by atoms with Gasteiger partial charge in [0.05, 0.1) is 9.15 Å². The van der Waals surface area contributed by atoms with Crippen molar-refractivity contribution in [2.45, 2.75) is 48.8 Å². The van der Waals surface area contributed by atoms with Crippen molar-refractivity contribution in [1.82, 2.24) is 0 Å². The first-order valence-corrected chi connectivity index (χ1v) is 15.6. The summed E-state index contributed by atoms with van der Waals surface area (Å²) in [6.07, 6.45) is 2.09. The number of alkyl halides is 10. The zero-order valence-corrected chi connectivity index (χ0v) is 29.4. The minimum absolute atomic E-state index is 0.0966. The monoisotopic (exact) mass is 995 g/mol. The van der Waals surface area contributed by atoms with Crippen molar-refractivity contribution in [3.8, 4) is 0 Å². The van der Waals surface area contributed by atoms with Crippen LogP contribution in [0.2, 0.25) is 0 Å². The van der Waals surface area contributed by atoms with Gasteiger partial charge in [0.25, 0.3) is 0 Å². The van der Waals surface area contributed by atoms with Gasteiger partial charge in [-0.2, -0.15) is 0 Å². The molecule has 0 bridgehead atoms. The van der Waals surface area contributed by atoms with E-state index in [0.29, 0.717) is 0 Å². The maximum atomic E-state index is 4.15. The van der Waals surface area contributed by atoms with Gasteiger partial charge in [-0.1, -0.05) is 191 Å². The smallest absolute Gasteiger partial charge is 0.0845 e. The van der Waals surface area contributed by atoms with Crippen LogP contribution in [-0.2, 0) is 10.7 Å². The number of halogens is 10. The Hall–Kier alpha value is 4.02. The molecule has 0 aliphatic heterocycles. The molecule has 10 heteroatoms. The molecular formula is C16H14Br10. The lowest BCUT2D eigenvalue weighted by Crippen LogP contribution is -2.73. The standard InChI is InChI=1S/C16H14Br10/c1-3-5-9-8(2)6-4-7-10(9)12(18)11(17)13(19,20)15(23,24)16(25,26)14(12,21)22/h4,6-7,11H,3,5H2,1-2H3. The molecule has 0 amide bonds. The number of aryl methyl sites for hydroxylation is 1. The molecule has 1 aliphatic carbocycles. The maximum absolute atomic E-state index is 4.15. The summed E-state index contributed by atoms with van der Waals surface area (Å²) in [6.45, 7) is 4.38. The van der Waals surface area contributed by atoms with Crippen LogP contribution in [0.25, 0.3) is 0 Å². The number of hydrogen-bond acceptors (Lipinski definition) is 0. The third-order valence-corrected chi connectivity index (χ3v) is 26.1. The van der Waals surface area contributed by atoms with Gasteiger partial charge in [0.15, 0.2) is 0 Å². The highest BCUT2D eigenvalue weighted by molar-refractivity contribution is 9.35. The van der Waals surface area contributed by atoms with E-state index < -0.39 is 17.3 Å². The van der Waals surface area contributed by atoms with Gasteiger partial charge in [0.2, 0.25) is 0 Å². The minimum Gasteiger partial charge on any atom is -0.0845 e. The van der Waals surface area contributed by atoms with Crippen molar-refractivity contribution < 1.29 is 0 Å². The summed E-state index contributed by atoms with van der Waals surface area (Å²) in [7, 11) is 0. The molecular weight excluding hydrogens is 991 g/mol. The van der Waals surface area contributed by atoms with E-state index >= 15 is 0 Å². The van der Waals surface area contributed by atoms with Gasteiger partial charge in [-0.15, -0.1) is 0 Å². The molecule has 2 atom stereocenters. The number of rotatable bonds is 3. The lowest BCUT2D eigenvalue weighted by atomic mass is 9.79. The summed E-state index contributed by atoms with van der Waals surface area (Å²) in [5.74, 6) is 0. The van der Waals surface area contributed by atoms with Crippen LogP contribution in [0.3, 0.4) is 0 Å². The van der Waals surface area contributed by atoms with E-state index in [1.54, 1.807) is 0 Å². The average molecular weight is 1010 g/mol. The van der Waals surface area contributed by atoms with Crippen molar-refractivity contribution in [3.63, 3.8) is 0 Å². The predicted molar refractivity (Wildman–Crippen MR) is 151 cm³/mol. The second-order valence-corrected chi connectivity index (χ2v) is 22.3. The van der Waals surface area contributed by atoms with Crippen LogP contribution in [-0.4, -0.2) is 17.8 Å². The van der Waals surface area contributed by atoms with Crippen LogP contribution in [0.5, 0.6) is 0 Å². The molecule has 1 saturated carbocycles. The Kier molecular flexibility index (Phi) is 8.85. The predicted octanol–water partition coefficient (Wildman–Crippen LogP) is 10.3. The van der Waals surface area contributed by atoms with Gasteiger partial charge in [-0.3, -0.25) is 0 Å².